The number of nitrogens with one attached hydrogen (secondary N) is 3. The van der Waals surface area contributed by atoms with Crippen molar-refractivity contribution in [1.29, 1.82) is 0 Å². The summed E-state index contributed by atoms with van der Waals surface area (Å²) < 4.78 is 0. The molecule has 1 saturated heterocycles. The van der Waals surface area contributed by atoms with Gasteiger partial charge in [-0.15, -0.1) is 0 Å². The SMILES string of the molecule is CNCC1CCN(C(=O)CCc2cc(=O)c(=O)[nH][nH]2)C1. The third-order valence-corrected chi connectivity index (χ3v) is 3.61. The Morgan fingerprint density at radius 1 is 1.45 bits per heavy atom. The van der Waals surface area contributed by atoms with Gasteiger partial charge >= 0.3 is 5.56 Å². The van der Waals surface area contributed by atoms with E-state index in [4.69, 9.17) is 0 Å². The molecule has 20 heavy (non-hydrogen) atoms. The van der Waals surface area contributed by atoms with Crippen LogP contribution in [0.5, 0.6) is 0 Å². The van der Waals surface area contributed by atoms with Crippen molar-refractivity contribution in [2.24, 2.45) is 5.92 Å². The number of carbonyl (C=O) groups excluding carboxylic acids is 1. The lowest BCUT2D eigenvalue weighted by molar-refractivity contribution is -0.130. The molecular formula is C13H20N4O3. The molecule has 1 aliphatic heterocycles. The van der Waals surface area contributed by atoms with Gasteiger partial charge in [0.1, 0.15) is 0 Å². The zero-order valence-electron chi connectivity index (χ0n) is 11.6. The number of nitrogens with zero attached hydrogens (tertiary/aromatic N) is 1. The molecule has 0 bridgehead atoms. The van der Waals surface area contributed by atoms with Crippen LogP contribution in [0.3, 0.4) is 0 Å². The van der Waals surface area contributed by atoms with Crippen LogP contribution in [0.1, 0.15) is 18.5 Å². The Bertz CT molecular complexity index is 577. The van der Waals surface area contributed by atoms with Gasteiger partial charge in [-0.05, 0) is 32.4 Å². The lowest BCUT2D eigenvalue weighted by atomic mass is 10.1. The molecular weight excluding hydrogens is 260 g/mol. The zero-order valence-corrected chi connectivity index (χ0v) is 11.6. The van der Waals surface area contributed by atoms with Crippen LogP contribution in [-0.4, -0.2) is 47.7 Å². The molecule has 1 unspecified atom stereocenters. The van der Waals surface area contributed by atoms with E-state index < -0.39 is 11.0 Å². The van der Waals surface area contributed by atoms with E-state index in [1.807, 2.05) is 11.9 Å². The number of aromatic nitrogens is 2. The molecule has 1 aromatic rings. The maximum absolute atomic E-state index is 12.1. The van der Waals surface area contributed by atoms with Crippen molar-refractivity contribution in [1.82, 2.24) is 20.4 Å². The first-order chi connectivity index (χ1) is 9.60. The monoisotopic (exact) mass is 280 g/mol. The molecule has 1 amide bonds. The van der Waals surface area contributed by atoms with Crippen LogP contribution in [0, 0.1) is 5.92 Å². The quantitative estimate of drug-likeness (QED) is 0.607. The fourth-order valence-electron chi connectivity index (χ4n) is 2.51. The Morgan fingerprint density at radius 3 is 2.95 bits per heavy atom. The first-order valence-electron chi connectivity index (χ1n) is 6.83. The van der Waals surface area contributed by atoms with Crippen molar-refractivity contribution in [2.45, 2.75) is 19.3 Å². The van der Waals surface area contributed by atoms with Crippen LogP contribution in [0.4, 0.5) is 0 Å². The Morgan fingerprint density at radius 2 is 2.25 bits per heavy atom. The Hall–Kier alpha value is -1.89. The second-order valence-corrected chi connectivity index (χ2v) is 5.17. The van der Waals surface area contributed by atoms with Crippen LogP contribution in [0.25, 0.3) is 0 Å². The molecule has 2 heterocycles. The van der Waals surface area contributed by atoms with Gasteiger partial charge in [-0.25, -0.2) is 0 Å². The van der Waals surface area contributed by atoms with Crippen molar-refractivity contribution in [2.75, 3.05) is 26.7 Å². The molecule has 1 aliphatic rings. The maximum atomic E-state index is 12.1. The average Bonchev–Trinajstić information content (AvgIpc) is 2.89. The maximum Gasteiger partial charge on any atom is 0.310 e. The summed E-state index contributed by atoms with van der Waals surface area (Å²) >= 11 is 0. The number of aryl methyl sites for hydroxylation is 1. The van der Waals surface area contributed by atoms with Gasteiger partial charge < -0.3 is 15.3 Å². The van der Waals surface area contributed by atoms with Gasteiger partial charge in [0.2, 0.25) is 11.3 Å². The molecule has 7 nitrogen and oxygen atoms in total. The minimum atomic E-state index is -0.672. The smallest absolute Gasteiger partial charge is 0.310 e. The Labute approximate surface area is 116 Å². The molecule has 1 aromatic heterocycles. The summed E-state index contributed by atoms with van der Waals surface area (Å²) in [6.45, 7) is 2.52. The lowest BCUT2D eigenvalue weighted by Gasteiger charge is -2.16. The van der Waals surface area contributed by atoms with E-state index >= 15 is 0 Å². The normalized spacial score (nSPS) is 18.4. The molecule has 0 spiro atoms. The summed E-state index contributed by atoms with van der Waals surface area (Å²) in [6, 6.07) is 1.25. The molecule has 0 aromatic carbocycles. The highest BCUT2D eigenvalue weighted by atomic mass is 16.2. The first kappa shape index (κ1) is 14.5. The first-order valence-corrected chi connectivity index (χ1v) is 6.83. The summed E-state index contributed by atoms with van der Waals surface area (Å²) in [4.78, 5) is 36.1. The lowest BCUT2D eigenvalue weighted by Crippen LogP contribution is -2.31. The number of H-pyrrole nitrogens is 2. The molecule has 1 atom stereocenters. The summed E-state index contributed by atoms with van der Waals surface area (Å²) in [5.41, 5.74) is -0.676. The van der Waals surface area contributed by atoms with Crippen LogP contribution >= 0.6 is 0 Å². The number of likely N-dealkylation sites (tertiary alicyclic amines) is 1. The van der Waals surface area contributed by atoms with Crippen molar-refractivity contribution in [3.8, 4) is 0 Å². The van der Waals surface area contributed by atoms with Gasteiger partial charge in [-0.2, -0.15) is 0 Å². The predicted molar refractivity (Wildman–Crippen MR) is 74.6 cm³/mol. The molecule has 3 N–H and O–H groups in total. The second kappa shape index (κ2) is 6.51. The van der Waals surface area contributed by atoms with Crippen LogP contribution < -0.4 is 16.3 Å². The standard InChI is InChI=1S/C13H20N4O3/c1-14-7-9-4-5-17(8-9)12(19)3-2-10-6-11(18)13(20)16-15-10/h6,9,14H,2-5,7-8H2,1H3,(H,15,18)(H,16,20). The Kier molecular flexibility index (Phi) is 4.73. The second-order valence-electron chi connectivity index (χ2n) is 5.17. The van der Waals surface area contributed by atoms with Crippen LogP contribution in [0.15, 0.2) is 15.7 Å². The number of hydrogen-bond acceptors (Lipinski definition) is 4. The van der Waals surface area contributed by atoms with Gasteiger partial charge in [0.25, 0.3) is 0 Å². The average molecular weight is 280 g/mol. The Balaban J connectivity index is 1.85. The van der Waals surface area contributed by atoms with E-state index in [1.54, 1.807) is 0 Å². The van der Waals surface area contributed by atoms with Gasteiger partial charge in [0.05, 0.1) is 0 Å². The number of aromatic amines is 2. The molecule has 0 aliphatic carbocycles. The van der Waals surface area contributed by atoms with Crippen molar-refractivity contribution < 1.29 is 4.79 Å². The predicted octanol–water partition coefficient (Wildman–Crippen LogP) is -0.936. The summed E-state index contributed by atoms with van der Waals surface area (Å²) in [5.74, 6) is 0.618. The molecule has 7 heteroatoms. The van der Waals surface area contributed by atoms with Gasteiger partial charge in [-0.3, -0.25) is 19.5 Å². The van der Waals surface area contributed by atoms with Crippen LogP contribution in [0.2, 0.25) is 0 Å². The van der Waals surface area contributed by atoms with Gasteiger partial charge in [0, 0.05) is 31.3 Å². The summed E-state index contributed by atoms with van der Waals surface area (Å²) in [6.07, 6.45) is 1.80. The fourth-order valence-corrected chi connectivity index (χ4v) is 2.51. The van der Waals surface area contributed by atoms with E-state index in [-0.39, 0.29) is 5.91 Å². The van der Waals surface area contributed by atoms with Crippen molar-refractivity contribution >= 4 is 5.91 Å². The summed E-state index contributed by atoms with van der Waals surface area (Å²) in [7, 11) is 1.91. The van der Waals surface area contributed by atoms with Gasteiger partial charge in [-0.1, -0.05) is 0 Å². The van der Waals surface area contributed by atoms with E-state index in [1.165, 1.54) is 6.07 Å². The third-order valence-electron chi connectivity index (χ3n) is 3.61. The van der Waals surface area contributed by atoms with E-state index in [0.717, 1.165) is 26.1 Å². The zero-order chi connectivity index (χ0) is 14.5. The molecule has 110 valence electrons. The minimum absolute atomic E-state index is 0.0932. The number of hydrogen-bond donors (Lipinski definition) is 3. The molecule has 2 rings (SSSR count). The highest BCUT2D eigenvalue weighted by Gasteiger charge is 2.25. The largest absolute Gasteiger partial charge is 0.342 e. The van der Waals surface area contributed by atoms with E-state index in [0.29, 0.717) is 24.5 Å². The topological polar surface area (TPSA) is 98.1 Å². The highest BCUT2D eigenvalue weighted by Crippen LogP contribution is 2.16. The fraction of sp³-hybridized carbons (Fsp3) is 0.615. The minimum Gasteiger partial charge on any atom is -0.342 e. The van der Waals surface area contributed by atoms with Crippen LogP contribution in [-0.2, 0) is 11.2 Å². The molecule has 1 fully saturated rings. The van der Waals surface area contributed by atoms with E-state index in [9.17, 15) is 14.4 Å². The number of carbonyl (C=O) groups is 1. The molecule has 0 saturated carbocycles. The van der Waals surface area contributed by atoms with Crippen molar-refractivity contribution in [3.05, 3.63) is 32.3 Å². The number of rotatable bonds is 5. The highest BCUT2D eigenvalue weighted by molar-refractivity contribution is 5.76. The third kappa shape index (κ3) is 3.57. The number of amides is 1. The van der Waals surface area contributed by atoms with Crippen molar-refractivity contribution in [3.63, 3.8) is 0 Å². The van der Waals surface area contributed by atoms with Gasteiger partial charge in [0.15, 0.2) is 0 Å². The molecule has 0 radical (unpaired) electrons. The van der Waals surface area contributed by atoms with E-state index in [2.05, 4.69) is 15.5 Å². The summed E-state index contributed by atoms with van der Waals surface area (Å²) in [5, 5.41) is 8.02.